The average molecular weight is 280 g/mol. The van der Waals surface area contributed by atoms with Gasteiger partial charge in [0.05, 0.1) is 0 Å². The van der Waals surface area contributed by atoms with Crippen molar-refractivity contribution in [3.63, 3.8) is 0 Å². The number of rotatable bonds is 3. The third kappa shape index (κ3) is 3.76. The van der Waals surface area contributed by atoms with E-state index in [9.17, 15) is 0 Å². The average Bonchev–Trinajstić information content (AvgIpc) is 2.45. The normalized spacial score (nSPS) is 32.2. The zero-order valence-electron chi connectivity index (χ0n) is 14.4. The fourth-order valence-electron chi connectivity index (χ4n) is 4.17. The van der Waals surface area contributed by atoms with Gasteiger partial charge in [0.15, 0.2) is 0 Å². The summed E-state index contributed by atoms with van der Waals surface area (Å²) in [6, 6.07) is 2.15. The van der Waals surface area contributed by atoms with Gasteiger partial charge in [0.2, 0.25) is 0 Å². The lowest BCUT2D eigenvalue weighted by atomic mass is 9.80. The molecule has 1 saturated heterocycles. The molecule has 1 N–H and O–H groups in total. The highest BCUT2D eigenvalue weighted by Gasteiger charge is 2.37. The van der Waals surface area contributed by atoms with Crippen LogP contribution in [0.25, 0.3) is 0 Å². The summed E-state index contributed by atoms with van der Waals surface area (Å²) in [5.41, 5.74) is 0.364. The van der Waals surface area contributed by atoms with Gasteiger partial charge >= 0.3 is 0 Å². The topological polar surface area (TPSA) is 15.3 Å². The van der Waals surface area contributed by atoms with Gasteiger partial charge in [0.1, 0.15) is 0 Å². The van der Waals surface area contributed by atoms with Crippen molar-refractivity contribution in [3.05, 3.63) is 0 Å². The minimum atomic E-state index is 0.364. The third-order valence-electron chi connectivity index (χ3n) is 5.83. The van der Waals surface area contributed by atoms with Gasteiger partial charge in [0.25, 0.3) is 0 Å². The van der Waals surface area contributed by atoms with Crippen molar-refractivity contribution in [1.29, 1.82) is 0 Å². The van der Waals surface area contributed by atoms with Crippen molar-refractivity contribution >= 4 is 0 Å². The van der Waals surface area contributed by atoms with E-state index in [4.69, 9.17) is 0 Å². The van der Waals surface area contributed by atoms with E-state index in [1.807, 2.05) is 0 Å². The van der Waals surface area contributed by atoms with E-state index in [1.54, 1.807) is 0 Å². The number of piperazine rings is 1. The summed E-state index contributed by atoms with van der Waals surface area (Å²) in [6.07, 6.45) is 8.58. The van der Waals surface area contributed by atoms with Crippen molar-refractivity contribution in [2.75, 3.05) is 13.1 Å². The molecule has 0 aromatic carbocycles. The standard InChI is InChI=1S/C18H36N2/c1-6-16-12-19-17(18(3,4)5)13-20(16)14(2)15-10-8-7-9-11-15/h14-17,19H,6-13H2,1-5H3. The molecule has 2 aliphatic rings. The van der Waals surface area contributed by atoms with Gasteiger partial charge in [-0.2, -0.15) is 0 Å². The second-order valence-electron chi connectivity index (χ2n) is 8.22. The predicted molar refractivity (Wildman–Crippen MR) is 88.1 cm³/mol. The van der Waals surface area contributed by atoms with Gasteiger partial charge in [-0.25, -0.2) is 0 Å². The molecule has 1 aliphatic heterocycles. The zero-order valence-corrected chi connectivity index (χ0v) is 14.4. The Morgan fingerprint density at radius 1 is 1.15 bits per heavy atom. The molecule has 2 rings (SSSR count). The lowest BCUT2D eigenvalue weighted by molar-refractivity contribution is 0.0241. The smallest absolute Gasteiger partial charge is 0.0244 e. The number of nitrogens with one attached hydrogen (secondary N) is 1. The summed E-state index contributed by atoms with van der Waals surface area (Å²) in [7, 11) is 0. The molecule has 0 bridgehead atoms. The molecule has 1 heterocycles. The fraction of sp³-hybridized carbons (Fsp3) is 1.00. The quantitative estimate of drug-likeness (QED) is 0.839. The molecule has 2 fully saturated rings. The van der Waals surface area contributed by atoms with E-state index in [0.717, 1.165) is 18.0 Å². The van der Waals surface area contributed by atoms with Gasteiger partial charge in [0, 0.05) is 31.2 Å². The molecule has 3 unspecified atom stereocenters. The first kappa shape index (κ1) is 16.3. The maximum Gasteiger partial charge on any atom is 0.0244 e. The van der Waals surface area contributed by atoms with Crippen molar-refractivity contribution < 1.29 is 0 Å². The minimum absolute atomic E-state index is 0.364. The maximum atomic E-state index is 3.81. The van der Waals surface area contributed by atoms with Gasteiger partial charge in [-0.15, -0.1) is 0 Å². The minimum Gasteiger partial charge on any atom is -0.311 e. The first-order valence-corrected chi connectivity index (χ1v) is 8.92. The lowest BCUT2D eigenvalue weighted by Gasteiger charge is -2.49. The molecule has 0 radical (unpaired) electrons. The van der Waals surface area contributed by atoms with Crippen LogP contribution < -0.4 is 5.32 Å². The Hall–Kier alpha value is -0.0800. The third-order valence-corrected chi connectivity index (χ3v) is 5.83. The Kier molecular flexibility index (Phi) is 5.53. The molecule has 0 aromatic heterocycles. The Balaban J connectivity index is 2.04. The molecule has 20 heavy (non-hydrogen) atoms. The molecule has 0 aromatic rings. The number of hydrogen-bond acceptors (Lipinski definition) is 2. The molecule has 1 saturated carbocycles. The molecule has 2 nitrogen and oxygen atoms in total. The van der Waals surface area contributed by atoms with E-state index in [2.05, 4.69) is 44.8 Å². The van der Waals surface area contributed by atoms with Crippen molar-refractivity contribution in [2.24, 2.45) is 11.3 Å². The summed E-state index contributed by atoms with van der Waals surface area (Å²) in [5, 5.41) is 3.81. The highest BCUT2D eigenvalue weighted by Crippen LogP contribution is 2.32. The molecule has 118 valence electrons. The summed E-state index contributed by atoms with van der Waals surface area (Å²) in [4.78, 5) is 2.85. The van der Waals surface area contributed by atoms with Crippen LogP contribution in [0.5, 0.6) is 0 Å². The first-order valence-electron chi connectivity index (χ1n) is 8.92. The monoisotopic (exact) mass is 280 g/mol. The molecule has 0 spiro atoms. The van der Waals surface area contributed by atoms with E-state index >= 15 is 0 Å². The highest BCUT2D eigenvalue weighted by atomic mass is 15.3. The van der Waals surface area contributed by atoms with Gasteiger partial charge in [-0.1, -0.05) is 47.0 Å². The van der Waals surface area contributed by atoms with Gasteiger partial charge in [-0.05, 0) is 37.5 Å². The van der Waals surface area contributed by atoms with E-state index in [0.29, 0.717) is 11.5 Å². The van der Waals surface area contributed by atoms with Crippen LogP contribution in [0, 0.1) is 11.3 Å². The Labute approximate surface area is 126 Å². The molecule has 1 aliphatic carbocycles. The first-order chi connectivity index (χ1) is 9.43. The number of nitrogens with zero attached hydrogens (tertiary/aromatic N) is 1. The summed E-state index contributed by atoms with van der Waals surface area (Å²) < 4.78 is 0. The zero-order chi connectivity index (χ0) is 14.8. The van der Waals surface area contributed by atoms with Crippen LogP contribution in [-0.4, -0.2) is 36.1 Å². The van der Waals surface area contributed by atoms with Crippen LogP contribution in [0.1, 0.15) is 73.1 Å². The van der Waals surface area contributed by atoms with Crippen molar-refractivity contribution in [1.82, 2.24) is 10.2 Å². The van der Waals surface area contributed by atoms with Crippen molar-refractivity contribution in [2.45, 2.75) is 91.3 Å². The van der Waals surface area contributed by atoms with Crippen LogP contribution in [-0.2, 0) is 0 Å². The van der Waals surface area contributed by atoms with Crippen molar-refractivity contribution in [3.8, 4) is 0 Å². The second kappa shape index (κ2) is 6.79. The van der Waals surface area contributed by atoms with Crippen LogP contribution in [0.4, 0.5) is 0 Å². The van der Waals surface area contributed by atoms with Crippen LogP contribution in [0.3, 0.4) is 0 Å². The number of hydrogen-bond donors (Lipinski definition) is 1. The summed E-state index contributed by atoms with van der Waals surface area (Å²) in [5.74, 6) is 0.941. The predicted octanol–water partition coefficient (Wildman–Crippen LogP) is 4.05. The molecule has 0 amide bonds. The maximum absolute atomic E-state index is 3.81. The Bertz CT molecular complexity index is 288. The van der Waals surface area contributed by atoms with Gasteiger partial charge < -0.3 is 5.32 Å². The molecular weight excluding hydrogens is 244 g/mol. The van der Waals surface area contributed by atoms with Crippen LogP contribution in [0.15, 0.2) is 0 Å². The van der Waals surface area contributed by atoms with Crippen LogP contribution in [0.2, 0.25) is 0 Å². The lowest BCUT2D eigenvalue weighted by Crippen LogP contribution is -2.63. The van der Waals surface area contributed by atoms with E-state index < -0.39 is 0 Å². The largest absolute Gasteiger partial charge is 0.311 e. The Morgan fingerprint density at radius 2 is 1.80 bits per heavy atom. The van der Waals surface area contributed by atoms with E-state index in [-0.39, 0.29) is 0 Å². The summed E-state index contributed by atoms with van der Waals surface area (Å²) in [6.45, 7) is 14.4. The van der Waals surface area contributed by atoms with Gasteiger partial charge in [-0.3, -0.25) is 4.90 Å². The van der Waals surface area contributed by atoms with E-state index in [1.165, 1.54) is 51.6 Å². The highest BCUT2D eigenvalue weighted by molar-refractivity contribution is 4.94. The van der Waals surface area contributed by atoms with Crippen LogP contribution >= 0.6 is 0 Å². The summed E-state index contributed by atoms with van der Waals surface area (Å²) >= 11 is 0. The fourth-order valence-corrected chi connectivity index (χ4v) is 4.17. The Morgan fingerprint density at radius 3 is 2.35 bits per heavy atom. The molecule has 2 heteroatoms. The molecular formula is C18H36N2. The SMILES string of the molecule is CCC1CNC(C(C)(C)C)CN1C(C)C1CCCCC1. The second-order valence-corrected chi connectivity index (χ2v) is 8.22. The molecule has 3 atom stereocenters.